The molecule has 0 aliphatic carbocycles. The molecule has 35 nitrogen and oxygen atoms in total. The molecule has 117 heavy (non-hydrogen) atoms. The van der Waals surface area contributed by atoms with Crippen molar-refractivity contribution in [1.29, 1.82) is 0 Å². The molecule has 58 heteroatoms. The number of aryl methyl sites for hydroxylation is 1. The third-order valence-electron chi connectivity index (χ3n) is 11.1. The van der Waals surface area contributed by atoms with Gasteiger partial charge in [-0.05, 0) is 148 Å². The highest BCUT2D eigenvalue weighted by Crippen LogP contribution is 2.49. The average molecular weight is 2130 g/mol. The van der Waals surface area contributed by atoms with E-state index in [4.69, 9.17) is 85.6 Å². The standard InChI is InChI=1S/C17H14Cl2NO5PS2.C11H11ClNO5PS2.C7H7Cl.C7H12NO5PS2.C5H8NO5PS2.C4H3ClO2S2.C4H5NO2S2.C3H9BrSi.CH4.H6N4.H3N.H2O/c18-13-4-1-6-15(10-13)24-26(21,25-16-7-2-5-14(19)11-16)12-20-28(22,23)17-8-3-9-27-17;12-9-3-1-4-10(7-9)18-19(14,15)8-13-21(16,17)11-5-2-6-20-11;1-6-3-2-4-7(8)5-6;1-12-14(9,13-2)6-8-16(10,11)7-4-3-5-15-7;7-12(8,9)4-6-14(10,11)5-2-1-3-13-5;2*5-9(6,7)4-2-1-3-8-4;1-5(2,3)4;;1-3-4-2;;/h1-11,20H,12H2;1-7,13H,8H2,(H,14,15);2-5H,1H3;3-5,8H,6H2,1-2H3;1-3,6H,4H2,(H2,7,8,9);1-3H;1-3H,(H2,5,6,7);1-3H3;1H4;3-4H,1-2H2;1H3;1H2. The van der Waals surface area contributed by atoms with Crippen LogP contribution in [0.2, 0.25) is 39.7 Å². The van der Waals surface area contributed by atoms with Crippen LogP contribution in [0, 0.1) is 6.92 Å². The lowest BCUT2D eigenvalue weighted by Gasteiger charge is -2.24. The van der Waals surface area contributed by atoms with Crippen molar-refractivity contribution in [2.45, 2.75) is 59.2 Å². The SMILES string of the molecule is C.COP(=O)(CNS(=O)(=O)c1cccs1)OC.C[Si](C)(C)Br.Cc1cccc(Cl)c1.N.NNN[NH3+].NS(=O)(=O)c1cccs1.O.O=P(CNS(=O)(=O)c1cccs1)(Oc1cccc(Cl)c1)Oc1cccc(Cl)c1.O=P(O)(O)CNS(=O)(=O)c1cccs1.O=P([O-])(CNS(=O)(=O)c1cccs1)Oc1cccc(Cl)c1.O=S(=O)(Cl)c1cccs1. The number of nitrogens with two attached hydrogens (primary N) is 2. The molecule has 0 spiro atoms. The van der Waals surface area contributed by atoms with Gasteiger partial charge in [-0.1, -0.05) is 146 Å². The van der Waals surface area contributed by atoms with Crippen LogP contribution in [0.15, 0.2) is 227 Å². The zero-order valence-corrected chi connectivity index (χ0v) is 80.6. The van der Waals surface area contributed by atoms with Gasteiger partial charge in [-0.25, -0.2) is 64.9 Å². The first kappa shape index (κ1) is 116. The second kappa shape index (κ2) is 55.1. The van der Waals surface area contributed by atoms with E-state index in [9.17, 15) is 73.7 Å². The lowest BCUT2D eigenvalue weighted by Crippen LogP contribution is -2.72. The minimum absolute atomic E-state index is 0. The fourth-order valence-electron chi connectivity index (χ4n) is 6.42. The largest absolute Gasteiger partial charge is 0.768 e. The Bertz CT molecular complexity index is 5300. The maximum Gasteiger partial charge on any atom is 0.445 e. The maximum atomic E-state index is 13.3. The molecule has 0 fully saturated rings. The van der Waals surface area contributed by atoms with Gasteiger partial charge in [0.15, 0.2) is 7.60 Å². The van der Waals surface area contributed by atoms with Crippen LogP contribution in [0.1, 0.15) is 13.0 Å². The van der Waals surface area contributed by atoms with Gasteiger partial charge in [0, 0.05) is 45.0 Å². The summed E-state index contributed by atoms with van der Waals surface area (Å²) in [6.07, 6.45) is -2.71. The first-order valence-electron chi connectivity index (χ1n) is 30.3. The molecule has 0 saturated carbocycles. The van der Waals surface area contributed by atoms with Crippen molar-refractivity contribution < 1.29 is 117 Å². The number of hydrazine groups is 2. The normalized spacial score (nSPS) is 12.0. The van der Waals surface area contributed by atoms with Crippen LogP contribution in [0.5, 0.6) is 17.2 Å². The van der Waals surface area contributed by atoms with Gasteiger partial charge in [0.1, 0.15) is 68.1 Å². The maximum absolute atomic E-state index is 13.3. The summed E-state index contributed by atoms with van der Waals surface area (Å²) in [6, 6.07) is 44.1. The highest BCUT2D eigenvalue weighted by molar-refractivity contribution is 9.26. The molecule has 0 bridgehead atoms. The number of nitrogens with one attached hydrogen (secondary N) is 6. The van der Waals surface area contributed by atoms with Crippen molar-refractivity contribution in [2.75, 3.05) is 39.4 Å². The Balaban J connectivity index is 0. The number of sulfonamides is 5. The number of rotatable bonds is 27. The minimum atomic E-state index is -4.43. The highest BCUT2D eigenvalue weighted by Gasteiger charge is 2.32. The zero-order valence-electron chi connectivity index (χ0n) is 60.9. The number of quaternary nitrogens is 1. The Hall–Kier alpha value is -3.39. The molecule has 1 unspecified atom stereocenters. The van der Waals surface area contributed by atoms with Crippen LogP contribution < -0.4 is 71.4 Å². The van der Waals surface area contributed by atoms with E-state index in [2.05, 4.69) is 76.2 Å². The van der Waals surface area contributed by atoms with E-state index in [0.717, 1.165) is 73.0 Å². The van der Waals surface area contributed by atoms with E-state index in [0.29, 0.717) is 15.1 Å². The van der Waals surface area contributed by atoms with Crippen molar-refractivity contribution in [2.24, 2.45) is 11.0 Å². The molecule has 10 rings (SSSR count). The number of benzene rings is 4. The van der Waals surface area contributed by atoms with Crippen molar-refractivity contribution in [3.8, 4) is 17.2 Å². The Morgan fingerprint density at radius 1 is 0.470 bits per heavy atom. The van der Waals surface area contributed by atoms with Gasteiger partial charge < -0.3 is 48.9 Å². The van der Waals surface area contributed by atoms with Crippen LogP contribution in [0.3, 0.4) is 0 Å². The Morgan fingerprint density at radius 2 is 0.735 bits per heavy atom. The van der Waals surface area contributed by atoms with Gasteiger partial charge in [0.25, 0.3) is 49.1 Å². The van der Waals surface area contributed by atoms with E-state index >= 15 is 0 Å². The van der Waals surface area contributed by atoms with E-state index in [1.54, 1.807) is 92.9 Å². The van der Waals surface area contributed by atoms with Gasteiger partial charge in [0.05, 0.1) is 6.29 Å². The van der Waals surface area contributed by atoms with Gasteiger partial charge in [-0.3, -0.25) is 25.4 Å². The average Bonchev–Trinajstić information content (AvgIpc) is 1.43. The molecule has 0 aliphatic rings. The first-order chi connectivity index (χ1) is 52.7. The fraction of sp³-hybridized carbons (Fsp3) is 0.186. The smallest absolute Gasteiger partial charge is 0.445 e. The molecule has 4 aromatic carbocycles. The van der Waals surface area contributed by atoms with E-state index < -0.39 is 115 Å². The predicted molar refractivity (Wildman–Crippen MR) is 473 cm³/mol. The number of hydrogen-bond donors (Lipinski definition) is 12. The second-order valence-corrected chi connectivity index (χ2v) is 60.3. The third-order valence-corrected chi connectivity index (χ3v) is 34.2. The Kier molecular flexibility index (Phi) is 54.4. The van der Waals surface area contributed by atoms with Crippen LogP contribution in [0.25, 0.3) is 0 Å². The van der Waals surface area contributed by atoms with Gasteiger partial charge in [-0.2, -0.15) is 19.7 Å². The summed E-state index contributed by atoms with van der Waals surface area (Å²) in [5, 5.41) is 16.4. The number of halogens is 6. The summed E-state index contributed by atoms with van der Waals surface area (Å²) in [7, 11) is -30.8. The van der Waals surface area contributed by atoms with Gasteiger partial charge in [0.2, 0.25) is 10.0 Å². The summed E-state index contributed by atoms with van der Waals surface area (Å²) in [4.78, 5) is 28.7. The van der Waals surface area contributed by atoms with Crippen molar-refractivity contribution in [1.82, 2.24) is 36.1 Å². The molecule has 0 aliphatic heterocycles. The van der Waals surface area contributed by atoms with Crippen LogP contribution in [-0.2, 0) is 86.5 Å². The van der Waals surface area contributed by atoms with Crippen molar-refractivity contribution >= 4 is 237 Å². The van der Waals surface area contributed by atoms with Crippen molar-refractivity contribution in [3.63, 3.8) is 0 Å². The predicted octanol–water partition coefficient (Wildman–Crippen LogP) is 13.6. The number of thiophene rings is 6. The van der Waals surface area contributed by atoms with Gasteiger partial charge >= 0.3 is 22.8 Å². The molecular formula is C59H84BrCl5N10O25P4S12Si. The summed E-state index contributed by atoms with van der Waals surface area (Å²) in [5.74, 6) is 8.09. The molecular weight excluding hydrogens is 2040 g/mol. The lowest BCUT2D eigenvalue weighted by atomic mass is 10.2. The van der Waals surface area contributed by atoms with Crippen LogP contribution >= 0.6 is 171 Å². The molecule has 0 radical (unpaired) electrons. The second-order valence-electron chi connectivity index (χ2n) is 21.5. The van der Waals surface area contributed by atoms with Crippen LogP contribution in [-0.4, -0.2) is 112 Å². The van der Waals surface area contributed by atoms with Crippen molar-refractivity contribution in [3.05, 3.63) is 228 Å². The van der Waals surface area contributed by atoms with Gasteiger partial charge in [-0.15, -0.1) is 83.3 Å². The Labute approximate surface area is 737 Å². The topological polar surface area (TPSA) is 601 Å². The molecule has 6 aromatic heterocycles. The molecule has 658 valence electrons. The monoisotopic (exact) mass is 2120 g/mol. The Morgan fingerprint density at radius 3 is 0.957 bits per heavy atom. The quantitative estimate of drug-likeness (QED) is 0.00568. The van der Waals surface area contributed by atoms with E-state index in [1.807, 2.05) is 40.6 Å². The molecule has 1 atom stereocenters. The number of hydrogen-bond acceptors (Lipinski definition) is 32. The summed E-state index contributed by atoms with van der Waals surface area (Å²) >= 11 is 33.0. The highest BCUT2D eigenvalue weighted by atomic mass is 79.9. The summed E-state index contributed by atoms with van der Waals surface area (Å²) < 4.78 is 217. The van der Waals surface area contributed by atoms with E-state index in [1.165, 1.54) is 105 Å². The molecule has 0 amide bonds. The molecule has 6 heterocycles. The van der Waals surface area contributed by atoms with E-state index in [-0.39, 0.29) is 67.8 Å². The summed E-state index contributed by atoms with van der Waals surface area (Å²) in [5.41, 5.74) is 5.48. The summed E-state index contributed by atoms with van der Waals surface area (Å²) in [6.45, 7) is 7.95. The third kappa shape index (κ3) is 50.8. The number of primary sulfonamides is 1. The lowest BCUT2D eigenvalue weighted by molar-refractivity contribution is -0.457. The minimum Gasteiger partial charge on any atom is -0.768 e. The molecule has 0 saturated heterocycles. The first-order valence-corrected chi connectivity index (χ1v) is 59.6. The zero-order chi connectivity index (χ0) is 86.5. The molecule has 20 N–H and O–H groups in total. The fourth-order valence-corrected chi connectivity index (χ4v) is 24.4. The molecule has 10 aromatic rings. The van der Waals surface area contributed by atoms with Crippen LogP contribution in [0.4, 0.5) is 0 Å².